The van der Waals surface area contributed by atoms with E-state index in [9.17, 15) is 30.7 Å². The number of halogens is 7. The molecule has 0 atom stereocenters. The van der Waals surface area contributed by atoms with E-state index in [1.165, 1.54) is 19.2 Å². The fourth-order valence-electron chi connectivity index (χ4n) is 2.90. The quantitative estimate of drug-likeness (QED) is 0.209. The van der Waals surface area contributed by atoms with Crippen LogP contribution in [0.5, 0.6) is 5.75 Å². The molecule has 2 aromatic carbocycles. The Labute approximate surface area is 188 Å². The summed E-state index contributed by atoms with van der Waals surface area (Å²) in [7, 11) is 1.43. The Morgan fingerprint density at radius 3 is 2.47 bits per heavy atom. The summed E-state index contributed by atoms with van der Waals surface area (Å²) in [4.78, 5) is 0. The highest BCUT2D eigenvalue weighted by molar-refractivity contribution is 5.82. The van der Waals surface area contributed by atoms with Gasteiger partial charge in [-0.2, -0.15) is 31.5 Å². The van der Waals surface area contributed by atoms with Crippen LogP contribution in [0.3, 0.4) is 0 Å². The Balaban J connectivity index is 1.80. The number of fused-ring (bicyclic) bond motifs is 1. The number of anilines is 1. The summed E-state index contributed by atoms with van der Waals surface area (Å²) >= 11 is 0. The Bertz CT molecular complexity index is 1220. The fraction of sp³-hybridized carbons (Fsp3) is 0.238. The minimum Gasteiger partial charge on any atom is -0.483 e. The lowest BCUT2D eigenvalue weighted by Gasteiger charge is -2.17. The van der Waals surface area contributed by atoms with Crippen LogP contribution < -0.4 is 15.5 Å². The molecule has 0 saturated carbocycles. The maximum absolute atomic E-state index is 14.9. The molecule has 1 aromatic heterocycles. The van der Waals surface area contributed by atoms with Crippen molar-refractivity contribution < 1.29 is 39.9 Å². The molecule has 0 amide bonds. The first-order chi connectivity index (χ1) is 15.9. The summed E-state index contributed by atoms with van der Waals surface area (Å²) in [5.74, 6) is -1.51. The lowest BCUT2D eigenvalue weighted by Crippen LogP contribution is -2.21. The van der Waals surface area contributed by atoms with Gasteiger partial charge >= 0.3 is 12.4 Å². The van der Waals surface area contributed by atoms with Crippen molar-refractivity contribution in [3.8, 4) is 5.75 Å². The highest BCUT2D eigenvalue weighted by Gasteiger charge is 2.36. The van der Waals surface area contributed by atoms with Gasteiger partial charge in [0, 0.05) is 23.2 Å². The summed E-state index contributed by atoms with van der Waals surface area (Å²) in [6.45, 7) is 1.58. The minimum absolute atomic E-state index is 0.0752. The van der Waals surface area contributed by atoms with Gasteiger partial charge in [0.25, 0.3) is 0 Å². The third kappa shape index (κ3) is 5.97. The van der Waals surface area contributed by atoms with Crippen LogP contribution in [0.1, 0.15) is 16.9 Å². The maximum atomic E-state index is 14.9. The molecular formula is C21H17F7N4O2. The van der Waals surface area contributed by atoms with E-state index in [1.807, 2.05) is 0 Å². The minimum atomic E-state index is -4.97. The lowest BCUT2D eigenvalue weighted by atomic mass is 10.1. The van der Waals surface area contributed by atoms with E-state index >= 15 is 0 Å². The third-order valence-corrected chi connectivity index (χ3v) is 4.45. The SMILES string of the molecule is C=C(NN=NC)c1cc2ccc(CNc3ccc(OCC(F)(F)F)c(C(F)(F)F)c3)c(F)c2o1. The standard InChI is InChI=1S/C21H17F7N4O2/c1-11(31-32-29-2)17-7-12-3-4-13(18(22)19(12)34-17)9-30-14-5-6-16(33-10-20(23,24)25)15(8-14)21(26,27)28/h3-8,30H,1,9-10H2,2H3,(H,29,31). The summed E-state index contributed by atoms with van der Waals surface area (Å²) in [6.07, 6.45) is -9.77. The zero-order valence-corrected chi connectivity index (χ0v) is 17.4. The van der Waals surface area contributed by atoms with Gasteiger partial charge in [0.1, 0.15) is 5.75 Å². The molecule has 3 aromatic rings. The molecule has 0 saturated heterocycles. The van der Waals surface area contributed by atoms with Gasteiger partial charge in [-0.25, -0.2) is 4.39 Å². The second-order valence-corrected chi connectivity index (χ2v) is 6.92. The van der Waals surface area contributed by atoms with E-state index in [-0.39, 0.29) is 34.8 Å². The first-order valence-electron chi connectivity index (χ1n) is 9.49. The Hall–Kier alpha value is -3.77. The molecule has 0 aliphatic carbocycles. The van der Waals surface area contributed by atoms with Gasteiger partial charge < -0.3 is 14.5 Å². The van der Waals surface area contributed by atoms with Crippen molar-refractivity contribution in [1.82, 2.24) is 5.43 Å². The van der Waals surface area contributed by atoms with Gasteiger partial charge in [0.2, 0.25) is 0 Å². The molecule has 1 heterocycles. The molecule has 0 aliphatic heterocycles. The van der Waals surface area contributed by atoms with Crippen LogP contribution in [0.4, 0.5) is 36.4 Å². The number of furan rings is 1. The van der Waals surface area contributed by atoms with Gasteiger partial charge in [-0.15, -0.1) is 0 Å². The Morgan fingerprint density at radius 2 is 1.82 bits per heavy atom. The van der Waals surface area contributed by atoms with Gasteiger partial charge in [-0.05, 0) is 24.3 Å². The number of hydrogen-bond acceptors (Lipinski definition) is 5. The molecule has 182 valence electrons. The molecule has 0 spiro atoms. The van der Waals surface area contributed by atoms with Crippen LogP contribution in [0.15, 0.2) is 57.7 Å². The first-order valence-corrected chi connectivity index (χ1v) is 9.49. The summed E-state index contributed by atoms with van der Waals surface area (Å²) < 4.78 is 102. The summed E-state index contributed by atoms with van der Waals surface area (Å²) in [6, 6.07) is 6.93. The molecule has 0 bridgehead atoms. The van der Waals surface area contributed by atoms with Crippen LogP contribution in [0.25, 0.3) is 16.7 Å². The van der Waals surface area contributed by atoms with E-state index in [1.54, 1.807) is 6.07 Å². The normalized spacial score (nSPS) is 12.4. The van der Waals surface area contributed by atoms with Gasteiger partial charge in [-0.1, -0.05) is 23.9 Å². The van der Waals surface area contributed by atoms with Crippen molar-refractivity contribution in [2.24, 2.45) is 10.3 Å². The number of ether oxygens (including phenoxy) is 1. The number of nitrogens with one attached hydrogen (secondary N) is 2. The van der Waals surface area contributed by atoms with Crippen molar-refractivity contribution in [1.29, 1.82) is 0 Å². The highest BCUT2D eigenvalue weighted by atomic mass is 19.4. The molecule has 0 radical (unpaired) electrons. The first kappa shape index (κ1) is 24.9. The summed E-state index contributed by atoms with van der Waals surface area (Å²) in [5, 5.41) is 10.1. The molecule has 2 N–H and O–H groups in total. The molecular weight excluding hydrogens is 473 g/mol. The lowest BCUT2D eigenvalue weighted by molar-refractivity contribution is -0.158. The number of benzene rings is 2. The molecule has 3 rings (SSSR count). The van der Waals surface area contributed by atoms with Crippen molar-refractivity contribution in [3.63, 3.8) is 0 Å². The Morgan fingerprint density at radius 1 is 1.09 bits per heavy atom. The zero-order valence-electron chi connectivity index (χ0n) is 17.4. The van der Waals surface area contributed by atoms with Crippen molar-refractivity contribution in [3.05, 3.63) is 65.7 Å². The molecule has 0 unspecified atom stereocenters. The molecule has 6 nitrogen and oxygen atoms in total. The largest absolute Gasteiger partial charge is 0.483 e. The maximum Gasteiger partial charge on any atom is 0.422 e. The van der Waals surface area contributed by atoms with Gasteiger partial charge in [-0.3, -0.25) is 5.43 Å². The van der Waals surface area contributed by atoms with Crippen molar-refractivity contribution in [2.75, 3.05) is 19.0 Å². The molecule has 0 aliphatic rings. The average molecular weight is 490 g/mol. The third-order valence-electron chi connectivity index (χ3n) is 4.45. The van der Waals surface area contributed by atoms with E-state index in [2.05, 4.69) is 32.4 Å². The summed E-state index contributed by atoms with van der Waals surface area (Å²) in [5.41, 5.74) is 1.20. The molecule has 13 heteroatoms. The van der Waals surface area contributed by atoms with Crippen LogP contribution in [0.2, 0.25) is 0 Å². The second-order valence-electron chi connectivity index (χ2n) is 6.92. The number of nitrogens with zero attached hydrogens (tertiary/aromatic N) is 2. The smallest absolute Gasteiger partial charge is 0.422 e. The molecule has 34 heavy (non-hydrogen) atoms. The number of hydrogen-bond donors (Lipinski definition) is 2. The fourth-order valence-corrected chi connectivity index (χ4v) is 2.90. The number of rotatable bonds is 8. The monoisotopic (exact) mass is 490 g/mol. The van der Waals surface area contributed by atoms with E-state index in [4.69, 9.17) is 4.42 Å². The van der Waals surface area contributed by atoms with Crippen LogP contribution in [0, 0.1) is 5.82 Å². The highest BCUT2D eigenvalue weighted by Crippen LogP contribution is 2.38. The van der Waals surface area contributed by atoms with Crippen molar-refractivity contribution >= 4 is 22.4 Å². The van der Waals surface area contributed by atoms with Crippen LogP contribution in [-0.4, -0.2) is 19.8 Å². The number of alkyl halides is 6. The Kier molecular flexibility index (Phi) is 7.03. The van der Waals surface area contributed by atoms with E-state index in [0.717, 1.165) is 12.1 Å². The van der Waals surface area contributed by atoms with E-state index in [0.29, 0.717) is 11.5 Å². The van der Waals surface area contributed by atoms with Crippen LogP contribution in [-0.2, 0) is 12.7 Å². The van der Waals surface area contributed by atoms with E-state index < -0.39 is 36.1 Å². The predicted molar refractivity (Wildman–Crippen MR) is 109 cm³/mol. The predicted octanol–water partition coefficient (Wildman–Crippen LogP) is 6.70. The van der Waals surface area contributed by atoms with Gasteiger partial charge in [0.15, 0.2) is 23.8 Å². The zero-order chi connectivity index (χ0) is 25.1. The van der Waals surface area contributed by atoms with Crippen molar-refractivity contribution in [2.45, 2.75) is 18.9 Å². The van der Waals surface area contributed by atoms with Gasteiger partial charge in [0.05, 0.1) is 18.3 Å². The topological polar surface area (TPSA) is 71.2 Å². The molecule has 0 fully saturated rings. The van der Waals surface area contributed by atoms with Crippen LogP contribution >= 0.6 is 0 Å². The second kappa shape index (κ2) is 9.61. The average Bonchev–Trinajstić information content (AvgIpc) is 3.20.